The molecule has 114 valence electrons. The van der Waals surface area contributed by atoms with Gasteiger partial charge in [-0.05, 0) is 25.7 Å². The Hall–Kier alpha value is -1.79. The molecule has 0 bridgehead atoms. The summed E-state index contributed by atoms with van der Waals surface area (Å²) in [6.07, 6.45) is 3.74. The largest absolute Gasteiger partial charge is 0.457 e. The van der Waals surface area contributed by atoms with E-state index in [0.717, 1.165) is 32.1 Å². The molecular formula is C13H21NO6. The summed E-state index contributed by atoms with van der Waals surface area (Å²) in [5, 5.41) is 2.54. The summed E-state index contributed by atoms with van der Waals surface area (Å²) in [6, 6.07) is 0. The quantitative estimate of drug-likeness (QED) is 0.608. The maximum atomic E-state index is 11.4. The molecule has 0 radical (unpaired) electrons. The Balaban J connectivity index is 2.39. The van der Waals surface area contributed by atoms with Crippen molar-refractivity contribution >= 4 is 18.0 Å². The lowest BCUT2D eigenvalue weighted by Crippen LogP contribution is -2.47. The molecule has 0 aliphatic heterocycles. The van der Waals surface area contributed by atoms with Crippen molar-refractivity contribution in [3.63, 3.8) is 0 Å². The Morgan fingerprint density at radius 2 is 1.65 bits per heavy atom. The third-order valence-electron chi connectivity index (χ3n) is 3.13. The van der Waals surface area contributed by atoms with Gasteiger partial charge in [0.25, 0.3) is 0 Å². The first-order valence-corrected chi connectivity index (χ1v) is 6.67. The zero-order chi connectivity index (χ0) is 15.0. The van der Waals surface area contributed by atoms with Crippen molar-refractivity contribution in [2.45, 2.75) is 51.6 Å². The summed E-state index contributed by atoms with van der Waals surface area (Å²) >= 11 is 0. The van der Waals surface area contributed by atoms with Crippen LogP contribution in [0.15, 0.2) is 0 Å². The second kappa shape index (κ2) is 7.72. The molecule has 0 saturated heterocycles. The average Bonchev–Trinajstić information content (AvgIpc) is 2.36. The number of alkyl carbamates (subject to hydrolysis) is 1. The van der Waals surface area contributed by atoms with Crippen molar-refractivity contribution in [3.05, 3.63) is 0 Å². The van der Waals surface area contributed by atoms with Crippen LogP contribution in [0.3, 0.4) is 0 Å². The van der Waals surface area contributed by atoms with Crippen LogP contribution in [0.5, 0.6) is 0 Å². The van der Waals surface area contributed by atoms with Gasteiger partial charge in [-0.25, -0.2) is 4.79 Å². The fourth-order valence-electron chi connectivity index (χ4n) is 2.27. The lowest BCUT2D eigenvalue weighted by molar-refractivity contribution is -0.160. The van der Waals surface area contributed by atoms with E-state index < -0.39 is 24.5 Å². The van der Waals surface area contributed by atoms with Crippen LogP contribution >= 0.6 is 0 Å². The second-order valence-corrected chi connectivity index (χ2v) is 4.88. The fraction of sp³-hybridized carbons (Fsp3) is 0.769. The molecule has 0 unspecified atom stereocenters. The summed E-state index contributed by atoms with van der Waals surface area (Å²) < 4.78 is 14.5. The van der Waals surface area contributed by atoms with Gasteiger partial charge in [0.2, 0.25) is 6.79 Å². The molecule has 0 spiro atoms. The van der Waals surface area contributed by atoms with E-state index in [1.54, 1.807) is 0 Å². The minimum atomic E-state index is -0.705. The number of hydrogen-bond acceptors (Lipinski definition) is 6. The zero-order valence-electron chi connectivity index (χ0n) is 11.9. The predicted molar refractivity (Wildman–Crippen MR) is 68.7 cm³/mol. The molecule has 7 nitrogen and oxygen atoms in total. The van der Waals surface area contributed by atoms with E-state index in [9.17, 15) is 14.4 Å². The summed E-state index contributed by atoms with van der Waals surface area (Å²) in [7, 11) is 0. The van der Waals surface area contributed by atoms with E-state index in [1.807, 2.05) is 0 Å². The van der Waals surface area contributed by atoms with E-state index in [1.165, 1.54) is 13.8 Å². The van der Waals surface area contributed by atoms with Crippen LogP contribution in [0.4, 0.5) is 4.79 Å². The number of ether oxygens (including phenoxy) is 3. The molecule has 0 atom stereocenters. The van der Waals surface area contributed by atoms with Crippen LogP contribution in [0.1, 0.15) is 46.0 Å². The monoisotopic (exact) mass is 287 g/mol. The molecule has 20 heavy (non-hydrogen) atoms. The standard InChI is InChI=1S/C13H21NO6/c1-10(15)18-9-19-12(17)14-8-13(20-11(2)16)6-4-3-5-7-13/h3-9H2,1-2H3,(H,14,17). The lowest BCUT2D eigenvalue weighted by Gasteiger charge is -2.36. The summed E-state index contributed by atoms with van der Waals surface area (Å²) in [5.74, 6) is -0.886. The molecule has 1 rings (SSSR count). The Morgan fingerprint density at radius 3 is 2.20 bits per heavy atom. The van der Waals surface area contributed by atoms with Crippen molar-refractivity contribution in [3.8, 4) is 0 Å². The van der Waals surface area contributed by atoms with Crippen molar-refractivity contribution in [2.75, 3.05) is 13.3 Å². The number of carbonyl (C=O) groups excluding carboxylic acids is 3. The molecular weight excluding hydrogens is 266 g/mol. The van der Waals surface area contributed by atoms with Gasteiger partial charge in [0.05, 0.1) is 6.54 Å². The zero-order valence-corrected chi connectivity index (χ0v) is 11.9. The number of carbonyl (C=O) groups is 3. The van der Waals surface area contributed by atoms with Crippen molar-refractivity contribution in [1.82, 2.24) is 5.32 Å². The number of nitrogens with one attached hydrogen (secondary N) is 1. The van der Waals surface area contributed by atoms with Gasteiger partial charge < -0.3 is 19.5 Å². The van der Waals surface area contributed by atoms with E-state index in [0.29, 0.717) is 0 Å². The smallest absolute Gasteiger partial charge is 0.410 e. The second-order valence-electron chi connectivity index (χ2n) is 4.88. The minimum Gasteiger partial charge on any atom is -0.457 e. The van der Waals surface area contributed by atoms with Gasteiger partial charge in [0, 0.05) is 13.8 Å². The fourth-order valence-corrected chi connectivity index (χ4v) is 2.27. The van der Waals surface area contributed by atoms with Gasteiger partial charge in [-0.3, -0.25) is 9.59 Å². The van der Waals surface area contributed by atoms with Crippen LogP contribution in [-0.2, 0) is 23.8 Å². The highest BCUT2D eigenvalue weighted by atomic mass is 16.7. The van der Waals surface area contributed by atoms with Crippen LogP contribution in [0, 0.1) is 0 Å². The molecule has 0 aromatic carbocycles. The van der Waals surface area contributed by atoms with Crippen molar-refractivity contribution < 1.29 is 28.6 Å². The van der Waals surface area contributed by atoms with Gasteiger partial charge in [-0.15, -0.1) is 0 Å². The number of hydrogen-bond donors (Lipinski definition) is 1. The summed E-state index contributed by atoms with van der Waals surface area (Å²) in [6.45, 7) is 2.35. The minimum absolute atomic E-state index is 0.200. The molecule has 0 aromatic heterocycles. The molecule has 1 aliphatic carbocycles. The maximum absolute atomic E-state index is 11.4. The number of amides is 1. The Labute approximate surface area is 117 Å². The highest BCUT2D eigenvalue weighted by Gasteiger charge is 2.35. The molecule has 1 aliphatic rings. The topological polar surface area (TPSA) is 90.9 Å². The first-order valence-electron chi connectivity index (χ1n) is 6.67. The van der Waals surface area contributed by atoms with Crippen molar-refractivity contribution in [2.24, 2.45) is 0 Å². The lowest BCUT2D eigenvalue weighted by atomic mass is 9.84. The number of esters is 2. The van der Waals surface area contributed by atoms with Crippen LogP contribution in [-0.4, -0.2) is 37.0 Å². The number of rotatable bonds is 5. The molecule has 1 amide bonds. The predicted octanol–water partition coefficient (Wildman–Crippen LogP) is 1.50. The van der Waals surface area contributed by atoms with E-state index >= 15 is 0 Å². The molecule has 0 aromatic rings. The van der Waals surface area contributed by atoms with E-state index in [2.05, 4.69) is 14.8 Å². The van der Waals surface area contributed by atoms with Crippen LogP contribution in [0.2, 0.25) is 0 Å². The van der Waals surface area contributed by atoms with Gasteiger partial charge in [0.15, 0.2) is 0 Å². The third-order valence-corrected chi connectivity index (χ3v) is 3.13. The normalized spacial score (nSPS) is 16.9. The average molecular weight is 287 g/mol. The summed E-state index contributed by atoms with van der Waals surface area (Å²) in [5.41, 5.74) is -0.648. The highest BCUT2D eigenvalue weighted by Crippen LogP contribution is 2.31. The molecule has 1 N–H and O–H groups in total. The Morgan fingerprint density at radius 1 is 1.00 bits per heavy atom. The first kappa shape index (κ1) is 16.3. The first-order chi connectivity index (χ1) is 9.43. The highest BCUT2D eigenvalue weighted by molar-refractivity contribution is 5.69. The van der Waals surface area contributed by atoms with E-state index in [-0.39, 0.29) is 12.5 Å². The van der Waals surface area contributed by atoms with Crippen LogP contribution < -0.4 is 5.32 Å². The maximum Gasteiger partial charge on any atom is 0.410 e. The molecule has 1 saturated carbocycles. The van der Waals surface area contributed by atoms with Gasteiger partial charge in [-0.1, -0.05) is 6.42 Å². The molecule has 7 heteroatoms. The van der Waals surface area contributed by atoms with Crippen LogP contribution in [0.25, 0.3) is 0 Å². The Kier molecular flexibility index (Phi) is 6.27. The molecule has 1 fully saturated rings. The third kappa shape index (κ3) is 5.90. The van der Waals surface area contributed by atoms with Gasteiger partial charge >= 0.3 is 18.0 Å². The summed E-state index contributed by atoms with van der Waals surface area (Å²) in [4.78, 5) is 33.1. The molecule has 0 heterocycles. The van der Waals surface area contributed by atoms with E-state index in [4.69, 9.17) is 4.74 Å². The van der Waals surface area contributed by atoms with Gasteiger partial charge in [-0.2, -0.15) is 0 Å². The van der Waals surface area contributed by atoms with Gasteiger partial charge in [0.1, 0.15) is 5.60 Å². The van der Waals surface area contributed by atoms with Crippen molar-refractivity contribution in [1.29, 1.82) is 0 Å². The SMILES string of the molecule is CC(=O)OCOC(=O)NCC1(OC(C)=O)CCCCC1. The Bertz CT molecular complexity index is 362.